The van der Waals surface area contributed by atoms with Crippen molar-refractivity contribution in [2.75, 3.05) is 13.7 Å². The molecule has 1 aliphatic carbocycles. The average Bonchev–Trinajstić information content (AvgIpc) is 3.03. The minimum atomic E-state index is -0.393. The molecule has 0 radical (unpaired) electrons. The number of hydrogen-bond acceptors (Lipinski definition) is 6. The Hall–Kier alpha value is -0.980. The van der Waals surface area contributed by atoms with E-state index in [0.717, 1.165) is 25.7 Å². The minimum Gasteiger partial charge on any atom is -0.392 e. The van der Waals surface area contributed by atoms with Gasteiger partial charge in [0.15, 0.2) is 0 Å². The highest BCUT2D eigenvalue weighted by Crippen LogP contribution is 2.38. The third-order valence-electron chi connectivity index (χ3n) is 4.56. The number of aliphatic hydroxyl groups excluding tert-OH is 1. The molecule has 1 saturated heterocycles. The fourth-order valence-corrected chi connectivity index (χ4v) is 3.29. The lowest BCUT2D eigenvalue weighted by molar-refractivity contribution is -0.0365. The van der Waals surface area contributed by atoms with Gasteiger partial charge in [-0.05, 0) is 19.3 Å². The molecule has 2 atom stereocenters. The van der Waals surface area contributed by atoms with Crippen LogP contribution in [0.1, 0.15) is 62.7 Å². The second-order valence-corrected chi connectivity index (χ2v) is 5.92. The fraction of sp³-hybridized carbons (Fsp3) is 0.857. The highest BCUT2D eigenvalue weighted by atomic mass is 16.5. The molecule has 2 aliphatic rings. The maximum Gasteiger partial charge on any atom is 0.243 e. The average molecular weight is 281 g/mol. The monoisotopic (exact) mass is 281 g/mol. The van der Waals surface area contributed by atoms with Gasteiger partial charge in [0.2, 0.25) is 11.7 Å². The smallest absolute Gasteiger partial charge is 0.243 e. The lowest BCUT2D eigenvalue weighted by Crippen LogP contribution is -2.29. The summed E-state index contributed by atoms with van der Waals surface area (Å²) < 4.78 is 11.2. The van der Waals surface area contributed by atoms with Crippen molar-refractivity contribution in [3.05, 3.63) is 11.7 Å². The van der Waals surface area contributed by atoms with E-state index in [0.29, 0.717) is 24.7 Å². The maximum atomic E-state index is 9.57. The largest absolute Gasteiger partial charge is 0.392 e. The Morgan fingerprint density at radius 2 is 2.05 bits per heavy atom. The van der Waals surface area contributed by atoms with Crippen LogP contribution >= 0.6 is 0 Å². The summed E-state index contributed by atoms with van der Waals surface area (Å²) in [6, 6.07) is -0.0362. The molecule has 0 unspecified atom stereocenters. The standard InChI is InChI=1S/C14H23N3O3/c1-19-14(6-4-2-3-5-7-14)13-16-12(20-17-13)11-8-10(18)9-15-11/h10-11,15,18H,2-9H2,1H3/t10-,11-/m1/s1. The molecule has 20 heavy (non-hydrogen) atoms. The van der Waals surface area contributed by atoms with E-state index in [1.807, 2.05) is 0 Å². The van der Waals surface area contributed by atoms with Crippen molar-refractivity contribution < 1.29 is 14.4 Å². The number of nitrogens with zero attached hydrogens (tertiary/aromatic N) is 2. The molecule has 2 N–H and O–H groups in total. The number of hydrogen-bond donors (Lipinski definition) is 2. The zero-order chi connectivity index (χ0) is 14.0. The van der Waals surface area contributed by atoms with E-state index in [4.69, 9.17) is 9.26 Å². The summed E-state index contributed by atoms with van der Waals surface area (Å²) in [6.45, 7) is 0.581. The summed E-state index contributed by atoms with van der Waals surface area (Å²) in [5, 5.41) is 16.9. The van der Waals surface area contributed by atoms with Gasteiger partial charge < -0.3 is 19.7 Å². The number of rotatable bonds is 3. The predicted molar refractivity (Wildman–Crippen MR) is 72.1 cm³/mol. The Labute approximate surface area is 118 Å². The van der Waals surface area contributed by atoms with Crippen molar-refractivity contribution in [3.63, 3.8) is 0 Å². The Morgan fingerprint density at radius 1 is 1.30 bits per heavy atom. The maximum absolute atomic E-state index is 9.57. The molecule has 0 bridgehead atoms. The van der Waals surface area contributed by atoms with E-state index in [1.165, 1.54) is 12.8 Å². The molecule has 0 spiro atoms. The van der Waals surface area contributed by atoms with Crippen LogP contribution in [0.5, 0.6) is 0 Å². The first kappa shape index (κ1) is 14.0. The minimum absolute atomic E-state index is 0.0362. The van der Waals surface area contributed by atoms with Gasteiger partial charge in [0, 0.05) is 13.7 Å². The van der Waals surface area contributed by atoms with Crippen molar-refractivity contribution in [2.24, 2.45) is 0 Å². The fourth-order valence-electron chi connectivity index (χ4n) is 3.29. The predicted octanol–water partition coefficient (Wildman–Crippen LogP) is 1.66. The molecule has 3 rings (SSSR count). The van der Waals surface area contributed by atoms with Crippen LogP contribution in [0.4, 0.5) is 0 Å². The Kier molecular flexibility index (Phi) is 4.05. The zero-order valence-corrected chi connectivity index (χ0v) is 12.0. The Balaban J connectivity index is 1.80. The van der Waals surface area contributed by atoms with Crippen LogP contribution in [-0.2, 0) is 10.3 Å². The van der Waals surface area contributed by atoms with E-state index >= 15 is 0 Å². The van der Waals surface area contributed by atoms with Crippen LogP contribution in [0.3, 0.4) is 0 Å². The van der Waals surface area contributed by atoms with E-state index in [9.17, 15) is 5.11 Å². The molecule has 2 fully saturated rings. The molecule has 112 valence electrons. The zero-order valence-electron chi connectivity index (χ0n) is 12.0. The topological polar surface area (TPSA) is 80.4 Å². The molecule has 1 aromatic rings. The Morgan fingerprint density at radius 3 is 2.65 bits per heavy atom. The molecule has 1 aliphatic heterocycles. The molecule has 1 saturated carbocycles. The van der Waals surface area contributed by atoms with Crippen molar-refractivity contribution >= 4 is 0 Å². The van der Waals surface area contributed by atoms with Gasteiger partial charge >= 0.3 is 0 Å². The summed E-state index contributed by atoms with van der Waals surface area (Å²) in [6.07, 6.45) is 6.95. The summed E-state index contributed by atoms with van der Waals surface area (Å²) in [4.78, 5) is 4.56. The van der Waals surface area contributed by atoms with Gasteiger partial charge in [-0.15, -0.1) is 0 Å². The number of methoxy groups -OCH3 is 1. The first-order valence-electron chi connectivity index (χ1n) is 7.54. The SMILES string of the molecule is COC1(c2noc([C@H]3C[C@@H](O)CN3)n2)CCCCCC1. The van der Waals surface area contributed by atoms with E-state index in [2.05, 4.69) is 15.5 Å². The van der Waals surface area contributed by atoms with Gasteiger partial charge in [-0.2, -0.15) is 4.98 Å². The molecule has 0 amide bonds. The van der Waals surface area contributed by atoms with Gasteiger partial charge in [-0.1, -0.05) is 30.8 Å². The first-order chi connectivity index (χ1) is 9.73. The number of aromatic nitrogens is 2. The molecule has 2 heterocycles. The number of β-amino-alcohol motifs (C(OH)–C–C–N with tert-alkyl or cyclic N) is 1. The lowest BCUT2D eigenvalue weighted by atomic mass is 9.93. The number of nitrogens with one attached hydrogen (secondary N) is 1. The highest BCUT2D eigenvalue weighted by molar-refractivity contribution is 5.05. The molecule has 6 nitrogen and oxygen atoms in total. The third kappa shape index (κ3) is 2.60. The molecule has 1 aromatic heterocycles. The van der Waals surface area contributed by atoms with Gasteiger partial charge in [0.25, 0.3) is 0 Å². The summed E-state index contributed by atoms with van der Waals surface area (Å²) in [5.41, 5.74) is -0.393. The summed E-state index contributed by atoms with van der Waals surface area (Å²) >= 11 is 0. The van der Waals surface area contributed by atoms with Crippen LogP contribution < -0.4 is 5.32 Å². The van der Waals surface area contributed by atoms with Crippen molar-refractivity contribution in [3.8, 4) is 0 Å². The second-order valence-electron chi connectivity index (χ2n) is 5.92. The highest BCUT2D eigenvalue weighted by Gasteiger charge is 2.39. The first-order valence-corrected chi connectivity index (χ1v) is 7.54. The van der Waals surface area contributed by atoms with Gasteiger partial charge in [0.05, 0.1) is 12.1 Å². The number of ether oxygens (including phenoxy) is 1. The summed E-state index contributed by atoms with van der Waals surface area (Å²) in [7, 11) is 1.74. The van der Waals surface area contributed by atoms with Crippen LogP contribution in [0.2, 0.25) is 0 Å². The number of aliphatic hydroxyl groups is 1. The van der Waals surface area contributed by atoms with Crippen molar-refractivity contribution in [2.45, 2.75) is 62.7 Å². The van der Waals surface area contributed by atoms with Gasteiger partial charge in [-0.3, -0.25) is 0 Å². The van der Waals surface area contributed by atoms with E-state index in [1.54, 1.807) is 7.11 Å². The Bertz CT molecular complexity index is 441. The van der Waals surface area contributed by atoms with E-state index < -0.39 is 5.60 Å². The van der Waals surface area contributed by atoms with Crippen molar-refractivity contribution in [1.29, 1.82) is 0 Å². The molecular formula is C14H23N3O3. The molecule has 6 heteroatoms. The van der Waals surface area contributed by atoms with Crippen LogP contribution in [0.15, 0.2) is 4.52 Å². The van der Waals surface area contributed by atoms with Crippen LogP contribution in [-0.4, -0.2) is 35.0 Å². The van der Waals surface area contributed by atoms with E-state index in [-0.39, 0.29) is 12.1 Å². The van der Waals surface area contributed by atoms with Crippen LogP contribution in [0.25, 0.3) is 0 Å². The lowest BCUT2D eigenvalue weighted by Gasteiger charge is -2.27. The quantitative estimate of drug-likeness (QED) is 0.820. The normalized spacial score (nSPS) is 30.3. The van der Waals surface area contributed by atoms with Gasteiger partial charge in [-0.25, -0.2) is 0 Å². The van der Waals surface area contributed by atoms with Crippen molar-refractivity contribution in [1.82, 2.24) is 15.5 Å². The van der Waals surface area contributed by atoms with Crippen LogP contribution in [0, 0.1) is 0 Å². The molecular weight excluding hydrogens is 258 g/mol. The second kappa shape index (κ2) is 5.79. The summed E-state index contributed by atoms with van der Waals surface area (Å²) in [5.74, 6) is 1.23. The third-order valence-corrected chi connectivity index (χ3v) is 4.56. The van der Waals surface area contributed by atoms with Gasteiger partial charge in [0.1, 0.15) is 5.60 Å². The molecule has 0 aromatic carbocycles.